The van der Waals surface area contributed by atoms with Crippen molar-refractivity contribution in [2.75, 3.05) is 0 Å². The second-order valence-electron chi connectivity index (χ2n) is 9.25. The van der Waals surface area contributed by atoms with Crippen LogP contribution in [0.2, 0.25) is 0 Å². The van der Waals surface area contributed by atoms with Crippen LogP contribution in [0.3, 0.4) is 0 Å². The van der Waals surface area contributed by atoms with Gasteiger partial charge in [-0.25, -0.2) is 0 Å². The van der Waals surface area contributed by atoms with Crippen LogP contribution in [0.5, 0.6) is 0 Å². The minimum absolute atomic E-state index is 0.401. The number of carbonyl (C=O) groups is 1. The van der Waals surface area contributed by atoms with E-state index >= 15 is 0 Å². The summed E-state index contributed by atoms with van der Waals surface area (Å²) in [6.07, 6.45) is 14.1. The molecule has 2 fully saturated rings. The van der Waals surface area contributed by atoms with Gasteiger partial charge in [0.15, 0.2) is 0 Å². The molecular weight excluding hydrogens is 268 g/mol. The maximum absolute atomic E-state index is 12.3. The van der Waals surface area contributed by atoms with Crippen molar-refractivity contribution in [1.82, 2.24) is 0 Å². The van der Waals surface area contributed by atoms with Crippen LogP contribution in [-0.4, -0.2) is 5.78 Å². The molecule has 0 saturated heterocycles. The van der Waals surface area contributed by atoms with E-state index in [-0.39, 0.29) is 0 Å². The molecule has 0 N–H and O–H groups in total. The average molecular weight is 307 g/mol. The molecule has 0 amide bonds. The summed E-state index contributed by atoms with van der Waals surface area (Å²) in [5.41, 5.74) is 0.627. The minimum Gasteiger partial charge on any atom is -0.299 e. The first-order valence-electron chi connectivity index (χ1n) is 9.93. The van der Waals surface area contributed by atoms with Gasteiger partial charge in [0.25, 0.3) is 0 Å². The summed E-state index contributed by atoms with van der Waals surface area (Å²) in [6.45, 7) is 9.16. The van der Waals surface area contributed by atoms with Crippen LogP contribution in [0.25, 0.3) is 0 Å². The quantitative estimate of drug-likeness (QED) is 0.554. The van der Waals surface area contributed by atoms with E-state index < -0.39 is 0 Å². The van der Waals surface area contributed by atoms with Crippen molar-refractivity contribution in [3.05, 3.63) is 0 Å². The van der Waals surface area contributed by atoms with Gasteiger partial charge in [-0.05, 0) is 87.4 Å². The number of hydrogen-bond acceptors (Lipinski definition) is 1. The average Bonchev–Trinajstić information content (AvgIpc) is 2.48. The molecule has 0 aliphatic heterocycles. The molecule has 0 atom stereocenters. The molecule has 128 valence electrons. The second-order valence-corrected chi connectivity index (χ2v) is 9.25. The van der Waals surface area contributed by atoms with Crippen molar-refractivity contribution in [3.8, 4) is 0 Å². The first-order valence-corrected chi connectivity index (χ1v) is 9.93. The Morgan fingerprint density at radius 3 is 1.95 bits per heavy atom. The van der Waals surface area contributed by atoms with Gasteiger partial charge in [0.05, 0.1) is 0 Å². The topological polar surface area (TPSA) is 17.1 Å². The summed E-state index contributed by atoms with van der Waals surface area (Å²) in [5.74, 6) is 3.47. The van der Waals surface area contributed by atoms with Crippen molar-refractivity contribution in [2.45, 2.75) is 98.3 Å². The van der Waals surface area contributed by atoms with Gasteiger partial charge < -0.3 is 0 Å². The van der Waals surface area contributed by atoms with Crippen LogP contribution in [0.15, 0.2) is 0 Å². The molecule has 2 rings (SSSR count). The molecular formula is C21H38O. The lowest BCUT2D eigenvalue weighted by Gasteiger charge is -2.45. The fourth-order valence-electron chi connectivity index (χ4n) is 4.88. The summed E-state index contributed by atoms with van der Waals surface area (Å²) in [6, 6.07) is 0. The molecule has 1 spiro atoms. The van der Waals surface area contributed by atoms with E-state index in [4.69, 9.17) is 0 Å². The van der Waals surface area contributed by atoms with Crippen LogP contribution in [-0.2, 0) is 4.79 Å². The number of carbonyl (C=O) groups excluding carboxylic acids is 1. The van der Waals surface area contributed by atoms with Crippen molar-refractivity contribution in [3.63, 3.8) is 0 Å². The maximum Gasteiger partial charge on any atom is 0.135 e. The first kappa shape index (κ1) is 18.0. The van der Waals surface area contributed by atoms with Crippen LogP contribution >= 0.6 is 0 Å². The lowest BCUT2D eigenvalue weighted by Crippen LogP contribution is -2.34. The largest absolute Gasteiger partial charge is 0.299 e. The zero-order valence-corrected chi connectivity index (χ0v) is 15.5. The van der Waals surface area contributed by atoms with E-state index in [2.05, 4.69) is 27.7 Å². The number of ketones is 1. The highest BCUT2D eigenvalue weighted by Crippen LogP contribution is 2.51. The predicted molar refractivity (Wildman–Crippen MR) is 94.9 cm³/mol. The Balaban J connectivity index is 1.74. The molecule has 0 heterocycles. The minimum atomic E-state index is 0.401. The van der Waals surface area contributed by atoms with Crippen LogP contribution < -0.4 is 0 Å². The van der Waals surface area contributed by atoms with E-state index in [0.717, 1.165) is 24.7 Å². The molecule has 1 nitrogen and oxygen atoms in total. The molecule has 0 unspecified atom stereocenters. The summed E-state index contributed by atoms with van der Waals surface area (Å²) in [5, 5.41) is 0. The monoisotopic (exact) mass is 306 g/mol. The zero-order valence-electron chi connectivity index (χ0n) is 15.5. The summed E-state index contributed by atoms with van der Waals surface area (Å²) >= 11 is 0. The fourth-order valence-corrected chi connectivity index (χ4v) is 4.88. The molecule has 0 bridgehead atoms. The Bertz CT molecular complexity index is 337. The maximum atomic E-state index is 12.3. The highest BCUT2D eigenvalue weighted by molar-refractivity contribution is 5.81. The highest BCUT2D eigenvalue weighted by atomic mass is 16.1. The number of rotatable bonds is 6. The van der Waals surface area contributed by atoms with Gasteiger partial charge in [0.1, 0.15) is 5.78 Å². The lowest BCUT2D eigenvalue weighted by atomic mass is 9.60. The van der Waals surface area contributed by atoms with Gasteiger partial charge in [0.2, 0.25) is 0 Å². The molecule has 1 heteroatoms. The Morgan fingerprint density at radius 2 is 1.45 bits per heavy atom. The Kier molecular flexibility index (Phi) is 6.53. The number of Topliss-reactive ketones (excluding diaryl/α,β-unsaturated/α-hetero) is 1. The van der Waals surface area contributed by atoms with Gasteiger partial charge in [0, 0.05) is 12.3 Å². The third-order valence-electron chi connectivity index (χ3n) is 6.44. The molecule has 2 aliphatic rings. The molecule has 22 heavy (non-hydrogen) atoms. The summed E-state index contributed by atoms with van der Waals surface area (Å²) in [4.78, 5) is 12.3. The molecule has 2 saturated carbocycles. The molecule has 2 aliphatic carbocycles. The van der Waals surface area contributed by atoms with Crippen LogP contribution in [0.4, 0.5) is 0 Å². The summed E-state index contributed by atoms with van der Waals surface area (Å²) < 4.78 is 0. The lowest BCUT2D eigenvalue weighted by molar-refractivity contribution is -0.125. The first-order chi connectivity index (χ1) is 10.4. The third-order valence-corrected chi connectivity index (χ3v) is 6.44. The smallest absolute Gasteiger partial charge is 0.135 e. The normalized spacial score (nSPS) is 32.8. The van der Waals surface area contributed by atoms with Crippen molar-refractivity contribution in [2.24, 2.45) is 29.1 Å². The summed E-state index contributed by atoms with van der Waals surface area (Å²) in [7, 11) is 0. The van der Waals surface area contributed by atoms with Gasteiger partial charge in [-0.2, -0.15) is 0 Å². The number of hydrogen-bond donors (Lipinski definition) is 0. The fraction of sp³-hybridized carbons (Fsp3) is 0.952. The van der Waals surface area contributed by atoms with E-state index in [9.17, 15) is 4.79 Å². The van der Waals surface area contributed by atoms with Crippen LogP contribution in [0, 0.1) is 29.1 Å². The Labute approximate surface area is 138 Å². The predicted octanol–water partition coefficient (Wildman–Crippen LogP) is 6.40. The standard InChI is InChI=1S/C21H38O/c1-16(2)5-6-20(22)19-9-13-21(14-10-19)11-7-18(8-12-21)15-17(3)4/h16-19H,5-15H2,1-4H3. The van der Waals surface area contributed by atoms with Crippen LogP contribution in [0.1, 0.15) is 98.3 Å². The van der Waals surface area contributed by atoms with E-state index in [1.54, 1.807) is 0 Å². The Hall–Kier alpha value is -0.330. The van der Waals surface area contributed by atoms with Gasteiger partial charge in [-0.3, -0.25) is 4.79 Å². The van der Waals surface area contributed by atoms with Crippen molar-refractivity contribution in [1.29, 1.82) is 0 Å². The molecule has 0 aromatic heterocycles. The van der Waals surface area contributed by atoms with E-state index in [1.165, 1.54) is 57.8 Å². The van der Waals surface area contributed by atoms with Crippen molar-refractivity contribution < 1.29 is 4.79 Å². The molecule has 0 aromatic rings. The Morgan fingerprint density at radius 1 is 0.909 bits per heavy atom. The van der Waals surface area contributed by atoms with Gasteiger partial charge in [-0.15, -0.1) is 0 Å². The third kappa shape index (κ3) is 5.10. The van der Waals surface area contributed by atoms with Gasteiger partial charge >= 0.3 is 0 Å². The van der Waals surface area contributed by atoms with Crippen molar-refractivity contribution >= 4 is 5.78 Å². The molecule has 0 aromatic carbocycles. The highest BCUT2D eigenvalue weighted by Gasteiger charge is 2.39. The van der Waals surface area contributed by atoms with Gasteiger partial charge in [-0.1, -0.05) is 27.7 Å². The second kappa shape index (κ2) is 7.97. The van der Waals surface area contributed by atoms with E-state index in [1.807, 2.05) is 0 Å². The zero-order chi connectivity index (χ0) is 16.2. The van der Waals surface area contributed by atoms with E-state index in [0.29, 0.717) is 23.0 Å². The molecule has 0 radical (unpaired) electrons. The SMILES string of the molecule is CC(C)CCC(=O)C1CCC2(CCC(CC(C)C)CC2)CC1.